The van der Waals surface area contributed by atoms with E-state index in [-0.39, 0.29) is 23.6 Å². The van der Waals surface area contributed by atoms with Gasteiger partial charge >= 0.3 is 11.9 Å². The number of carbonyl (C=O) groups excluding carboxylic acids is 2. The standard InChI is InChI=1S/C25H22N2O5S/c1-3-32-25(30)19-18(16-12-8-5-9-13-16)20(24(29)31-2)23-27(21(19)26)22(28)17(33-23)14-15-10-6-4-7-11-15/h4-14,18H,3,26H2,1-2H3/b17-14+/t18-/m0/s1. The fourth-order valence-corrected chi connectivity index (χ4v) is 5.01. The first-order chi connectivity index (χ1) is 16.0. The predicted octanol–water partition coefficient (Wildman–Crippen LogP) is 1.55. The topological polar surface area (TPSA) is 101 Å². The maximum Gasteiger partial charge on any atom is 0.338 e. The van der Waals surface area contributed by atoms with Gasteiger partial charge in [-0.15, -0.1) is 11.3 Å². The number of methoxy groups -OCH3 is 1. The molecule has 2 heterocycles. The van der Waals surface area contributed by atoms with Gasteiger partial charge < -0.3 is 15.2 Å². The second kappa shape index (κ2) is 9.30. The van der Waals surface area contributed by atoms with E-state index in [9.17, 15) is 14.4 Å². The predicted molar refractivity (Wildman–Crippen MR) is 126 cm³/mol. The number of carbonyl (C=O) groups is 2. The fourth-order valence-electron chi connectivity index (χ4n) is 3.84. The Morgan fingerprint density at radius 3 is 2.27 bits per heavy atom. The summed E-state index contributed by atoms with van der Waals surface area (Å²) in [5.74, 6) is -2.25. The van der Waals surface area contributed by atoms with Gasteiger partial charge in [-0.2, -0.15) is 0 Å². The number of benzene rings is 2. The smallest absolute Gasteiger partial charge is 0.338 e. The van der Waals surface area contributed by atoms with Crippen LogP contribution in [0.15, 0.2) is 71.0 Å². The highest BCUT2D eigenvalue weighted by molar-refractivity contribution is 7.07. The third-order valence-electron chi connectivity index (χ3n) is 5.28. The third kappa shape index (κ3) is 4.01. The molecule has 0 saturated heterocycles. The van der Waals surface area contributed by atoms with E-state index in [4.69, 9.17) is 15.2 Å². The van der Waals surface area contributed by atoms with Crippen molar-refractivity contribution in [2.24, 2.45) is 5.73 Å². The summed E-state index contributed by atoms with van der Waals surface area (Å²) in [5, 5.41) is 0. The second-order valence-corrected chi connectivity index (χ2v) is 8.27. The largest absolute Gasteiger partial charge is 0.466 e. The molecule has 33 heavy (non-hydrogen) atoms. The highest BCUT2D eigenvalue weighted by atomic mass is 32.1. The third-order valence-corrected chi connectivity index (χ3v) is 6.39. The molecule has 0 unspecified atom stereocenters. The first kappa shape index (κ1) is 22.3. The molecule has 3 aromatic rings. The van der Waals surface area contributed by atoms with Crippen molar-refractivity contribution in [2.45, 2.75) is 12.8 Å². The highest BCUT2D eigenvalue weighted by Gasteiger charge is 2.39. The van der Waals surface area contributed by atoms with E-state index < -0.39 is 23.4 Å². The van der Waals surface area contributed by atoms with Crippen molar-refractivity contribution >= 4 is 40.7 Å². The zero-order valence-corrected chi connectivity index (χ0v) is 18.9. The fraction of sp³-hybridized carbons (Fsp3) is 0.160. The molecular formula is C25H22N2O5S. The molecule has 1 aliphatic rings. The molecule has 0 fully saturated rings. The van der Waals surface area contributed by atoms with Crippen molar-refractivity contribution in [3.05, 3.63) is 96.9 Å². The SMILES string of the molecule is CCOC(=O)C1=C(N)n2c(s/c(=C/c3ccccc3)c2=O)=C(C(=O)OC)[C@H]1c1ccccc1. The van der Waals surface area contributed by atoms with Gasteiger partial charge in [0.1, 0.15) is 10.5 Å². The lowest BCUT2D eigenvalue weighted by Crippen LogP contribution is -2.41. The summed E-state index contributed by atoms with van der Waals surface area (Å²) in [6.45, 7) is 1.79. The Balaban J connectivity index is 2.12. The maximum atomic E-state index is 13.4. The normalized spacial score (nSPS) is 15.9. The average Bonchev–Trinajstić information content (AvgIpc) is 3.15. The first-order valence-corrected chi connectivity index (χ1v) is 11.1. The van der Waals surface area contributed by atoms with E-state index in [1.807, 2.05) is 36.4 Å². The molecule has 168 valence electrons. The number of hydrogen-bond acceptors (Lipinski definition) is 7. The van der Waals surface area contributed by atoms with Gasteiger partial charge in [0.05, 0.1) is 35.3 Å². The van der Waals surface area contributed by atoms with Crippen molar-refractivity contribution in [1.82, 2.24) is 4.57 Å². The molecule has 0 aliphatic carbocycles. The number of nitrogens with two attached hydrogens (primary N) is 1. The minimum Gasteiger partial charge on any atom is -0.466 e. The summed E-state index contributed by atoms with van der Waals surface area (Å²) in [5.41, 5.74) is 7.68. The zero-order chi connectivity index (χ0) is 23.5. The molecule has 1 aliphatic heterocycles. The van der Waals surface area contributed by atoms with Crippen LogP contribution < -0.4 is 20.5 Å². The summed E-state index contributed by atoms with van der Waals surface area (Å²) in [6.07, 6.45) is 1.72. The van der Waals surface area contributed by atoms with Crippen LogP contribution in [0.25, 0.3) is 17.5 Å². The van der Waals surface area contributed by atoms with Crippen molar-refractivity contribution in [1.29, 1.82) is 0 Å². The minimum atomic E-state index is -0.847. The number of fused-ring (bicyclic) bond motifs is 1. The van der Waals surface area contributed by atoms with Crippen LogP contribution in [0, 0.1) is 0 Å². The van der Waals surface area contributed by atoms with Gasteiger partial charge in [-0.1, -0.05) is 60.7 Å². The number of hydrogen-bond donors (Lipinski definition) is 1. The van der Waals surface area contributed by atoms with Crippen LogP contribution in [0.2, 0.25) is 0 Å². The molecule has 8 heteroatoms. The van der Waals surface area contributed by atoms with Crippen molar-refractivity contribution in [3.63, 3.8) is 0 Å². The second-order valence-electron chi connectivity index (χ2n) is 7.24. The Kier molecular flexibility index (Phi) is 6.28. The van der Waals surface area contributed by atoms with Crippen LogP contribution in [0.3, 0.4) is 0 Å². The van der Waals surface area contributed by atoms with Crippen LogP contribution in [-0.4, -0.2) is 30.2 Å². The first-order valence-electron chi connectivity index (χ1n) is 10.3. The number of rotatable bonds is 5. The molecule has 0 amide bonds. The van der Waals surface area contributed by atoms with E-state index >= 15 is 0 Å². The average molecular weight is 463 g/mol. The molecule has 7 nitrogen and oxygen atoms in total. The quantitative estimate of drug-likeness (QED) is 0.578. The van der Waals surface area contributed by atoms with Crippen LogP contribution in [0.4, 0.5) is 0 Å². The summed E-state index contributed by atoms with van der Waals surface area (Å²) in [7, 11) is 1.26. The molecule has 0 radical (unpaired) electrons. The van der Waals surface area contributed by atoms with Crippen LogP contribution in [0.5, 0.6) is 0 Å². The Hall–Kier alpha value is -3.91. The lowest BCUT2D eigenvalue weighted by molar-refractivity contribution is -0.138. The van der Waals surface area contributed by atoms with Crippen LogP contribution in [0.1, 0.15) is 24.0 Å². The molecule has 0 spiro atoms. The summed E-state index contributed by atoms with van der Waals surface area (Å²) in [4.78, 5) is 39.4. The van der Waals surface area contributed by atoms with Gasteiger partial charge in [0, 0.05) is 0 Å². The highest BCUT2D eigenvalue weighted by Crippen LogP contribution is 2.37. The number of thiazole rings is 1. The molecule has 0 saturated carbocycles. The Morgan fingerprint density at radius 1 is 1.03 bits per heavy atom. The van der Waals surface area contributed by atoms with Gasteiger partial charge in [-0.05, 0) is 24.1 Å². The van der Waals surface area contributed by atoms with Gasteiger partial charge in [0.25, 0.3) is 5.56 Å². The lowest BCUT2D eigenvalue weighted by Gasteiger charge is -2.26. The van der Waals surface area contributed by atoms with E-state index in [0.29, 0.717) is 14.8 Å². The monoisotopic (exact) mass is 462 g/mol. The van der Waals surface area contributed by atoms with Gasteiger partial charge in [0.2, 0.25) is 0 Å². The zero-order valence-electron chi connectivity index (χ0n) is 18.1. The summed E-state index contributed by atoms with van der Waals surface area (Å²) < 4.78 is 12.2. The van der Waals surface area contributed by atoms with Gasteiger partial charge in [-0.3, -0.25) is 9.36 Å². The molecular weight excluding hydrogens is 440 g/mol. The maximum absolute atomic E-state index is 13.4. The number of nitrogens with zero attached hydrogens (tertiary/aromatic N) is 1. The number of esters is 2. The Morgan fingerprint density at radius 2 is 1.67 bits per heavy atom. The molecule has 2 aromatic carbocycles. The van der Waals surface area contributed by atoms with Crippen LogP contribution in [-0.2, 0) is 19.1 Å². The molecule has 1 atom stereocenters. The summed E-state index contributed by atoms with van der Waals surface area (Å²) >= 11 is 1.13. The van der Waals surface area contributed by atoms with E-state index in [0.717, 1.165) is 16.9 Å². The van der Waals surface area contributed by atoms with E-state index in [2.05, 4.69) is 0 Å². The van der Waals surface area contributed by atoms with Gasteiger partial charge in [-0.25, -0.2) is 9.59 Å². The minimum absolute atomic E-state index is 0.0297. The Bertz CT molecular complexity index is 1420. The number of ether oxygens (including phenoxy) is 2. The van der Waals surface area contributed by atoms with Crippen molar-refractivity contribution in [3.8, 4) is 0 Å². The van der Waals surface area contributed by atoms with E-state index in [1.165, 1.54) is 11.7 Å². The van der Waals surface area contributed by atoms with Gasteiger partial charge in [0.15, 0.2) is 0 Å². The molecule has 1 aromatic heterocycles. The molecule has 4 rings (SSSR count). The summed E-state index contributed by atoms with van der Waals surface area (Å²) in [6, 6.07) is 18.3. The van der Waals surface area contributed by atoms with E-state index in [1.54, 1.807) is 37.3 Å². The van der Waals surface area contributed by atoms with Crippen molar-refractivity contribution < 1.29 is 19.1 Å². The number of aromatic nitrogens is 1. The Labute approximate surface area is 193 Å². The molecule has 0 bridgehead atoms. The lowest BCUT2D eigenvalue weighted by atomic mass is 9.83. The molecule has 2 N–H and O–H groups in total. The van der Waals surface area contributed by atoms with Crippen LogP contribution >= 0.6 is 11.3 Å². The van der Waals surface area contributed by atoms with Crippen molar-refractivity contribution in [2.75, 3.05) is 13.7 Å².